The molecule has 132 valence electrons. The molecule has 0 saturated heterocycles. The van der Waals surface area contributed by atoms with Gasteiger partial charge >= 0.3 is 0 Å². The van der Waals surface area contributed by atoms with Crippen molar-refractivity contribution < 1.29 is 14.3 Å². The first-order valence-corrected chi connectivity index (χ1v) is 8.29. The van der Waals surface area contributed by atoms with Gasteiger partial charge in [0, 0.05) is 19.9 Å². The zero-order chi connectivity index (χ0) is 17.7. The molecule has 1 aliphatic rings. The van der Waals surface area contributed by atoms with Crippen LogP contribution in [0.4, 0.5) is 5.69 Å². The third-order valence-electron chi connectivity index (χ3n) is 4.34. The molecule has 1 aliphatic carbocycles. The topological polar surface area (TPSA) is 85.2 Å². The molecule has 2 aromatic rings. The van der Waals surface area contributed by atoms with Gasteiger partial charge in [0.1, 0.15) is 6.54 Å². The summed E-state index contributed by atoms with van der Waals surface area (Å²) in [6.45, 7) is 1.02. The molecule has 0 bridgehead atoms. The maximum Gasteiger partial charge on any atom is 0.241 e. The lowest BCUT2D eigenvalue weighted by molar-refractivity contribution is -0.122. The van der Waals surface area contributed by atoms with Gasteiger partial charge in [0.25, 0.3) is 0 Å². The maximum absolute atomic E-state index is 12.7. The zero-order valence-electron chi connectivity index (χ0n) is 14.2. The van der Waals surface area contributed by atoms with E-state index in [4.69, 9.17) is 4.74 Å². The summed E-state index contributed by atoms with van der Waals surface area (Å²) in [5, 5.41) is 9.76. The summed E-state index contributed by atoms with van der Waals surface area (Å²) >= 11 is 0. The van der Waals surface area contributed by atoms with Crippen LogP contribution in [0.3, 0.4) is 0 Å². The molecule has 3 rings (SSSR count). The summed E-state index contributed by atoms with van der Waals surface area (Å²) in [7, 11) is 1.58. The Bertz CT molecular complexity index is 738. The molecule has 2 N–H and O–H groups in total. The third-order valence-corrected chi connectivity index (χ3v) is 4.34. The predicted molar refractivity (Wildman–Crippen MR) is 93.1 cm³/mol. The lowest BCUT2D eigenvalue weighted by Crippen LogP contribution is -2.30. The molecular weight excluding hydrogens is 320 g/mol. The molecule has 0 aliphatic heterocycles. The second-order valence-corrected chi connectivity index (χ2v) is 6.17. The number of methoxy groups -OCH3 is 1. The minimum atomic E-state index is -0.430. The number of hydrogen-bond donors (Lipinski definition) is 2. The Morgan fingerprint density at radius 1 is 1.28 bits per heavy atom. The van der Waals surface area contributed by atoms with Crippen molar-refractivity contribution in [2.45, 2.75) is 24.8 Å². The monoisotopic (exact) mass is 342 g/mol. The highest BCUT2D eigenvalue weighted by molar-refractivity contribution is 6.01. The first-order valence-electron chi connectivity index (χ1n) is 8.29. The quantitative estimate of drug-likeness (QED) is 0.709. The molecule has 1 fully saturated rings. The Balaban J connectivity index is 1.57. The smallest absolute Gasteiger partial charge is 0.241 e. The first kappa shape index (κ1) is 17.2. The number of carbonyl (C=O) groups is 2. The number of carbonyl (C=O) groups excluding carboxylic acids is 2. The largest absolute Gasteiger partial charge is 0.383 e. The van der Waals surface area contributed by atoms with Crippen LogP contribution in [0.15, 0.2) is 42.7 Å². The average molecular weight is 342 g/mol. The van der Waals surface area contributed by atoms with E-state index in [-0.39, 0.29) is 18.4 Å². The van der Waals surface area contributed by atoms with Gasteiger partial charge in [0.15, 0.2) is 0 Å². The number of rotatable bonds is 8. The predicted octanol–water partition coefficient (Wildman–Crippen LogP) is 1.32. The van der Waals surface area contributed by atoms with Crippen molar-refractivity contribution in [3.05, 3.63) is 48.3 Å². The Morgan fingerprint density at radius 3 is 2.72 bits per heavy atom. The summed E-state index contributed by atoms with van der Waals surface area (Å²) in [4.78, 5) is 24.4. The summed E-state index contributed by atoms with van der Waals surface area (Å²) in [5.74, 6) is -0.177. The average Bonchev–Trinajstić information content (AvgIpc) is 3.33. The fourth-order valence-corrected chi connectivity index (χ4v) is 2.79. The van der Waals surface area contributed by atoms with E-state index in [1.54, 1.807) is 19.5 Å². The second-order valence-electron chi connectivity index (χ2n) is 6.17. The Hall–Kier alpha value is -2.67. The van der Waals surface area contributed by atoms with Crippen molar-refractivity contribution in [3.63, 3.8) is 0 Å². The SMILES string of the molecule is COCCNC(=O)Cn1cc(NC(=O)C2(c3ccccc3)CC2)cn1. The van der Waals surface area contributed by atoms with Gasteiger partial charge in [-0.15, -0.1) is 0 Å². The highest BCUT2D eigenvalue weighted by Crippen LogP contribution is 2.48. The van der Waals surface area contributed by atoms with Crippen LogP contribution in [0.5, 0.6) is 0 Å². The number of ether oxygens (including phenoxy) is 1. The Labute approximate surface area is 146 Å². The summed E-state index contributed by atoms with van der Waals surface area (Å²) in [6.07, 6.45) is 4.91. The Kier molecular flexibility index (Phi) is 5.14. The van der Waals surface area contributed by atoms with Gasteiger partial charge in [-0.1, -0.05) is 30.3 Å². The minimum absolute atomic E-state index is 0.0252. The first-order chi connectivity index (χ1) is 12.1. The van der Waals surface area contributed by atoms with Crippen LogP contribution in [-0.4, -0.2) is 41.9 Å². The number of amides is 2. The summed E-state index contributed by atoms with van der Waals surface area (Å²) in [5.41, 5.74) is 1.20. The molecule has 1 saturated carbocycles. The molecule has 0 unspecified atom stereocenters. The van der Waals surface area contributed by atoms with Crippen LogP contribution in [0, 0.1) is 0 Å². The van der Waals surface area contributed by atoms with Gasteiger partial charge < -0.3 is 15.4 Å². The van der Waals surface area contributed by atoms with Crippen molar-refractivity contribution in [1.29, 1.82) is 0 Å². The van der Waals surface area contributed by atoms with E-state index in [0.29, 0.717) is 18.8 Å². The molecule has 2 amide bonds. The van der Waals surface area contributed by atoms with Gasteiger partial charge in [-0.3, -0.25) is 14.3 Å². The van der Waals surface area contributed by atoms with Crippen LogP contribution in [0.1, 0.15) is 18.4 Å². The molecule has 0 atom stereocenters. The molecule has 7 heteroatoms. The molecule has 25 heavy (non-hydrogen) atoms. The van der Waals surface area contributed by atoms with Crippen LogP contribution >= 0.6 is 0 Å². The second kappa shape index (κ2) is 7.48. The van der Waals surface area contributed by atoms with Crippen LogP contribution in [0.25, 0.3) is 0 Å². The maximum atomic E-state index is 12.7. The van der Waals surface area contributed by atoms with E-state index < -0.39 is 5.41 Å². The lowest BCUT2D eigenvalue weighted by atomic mass is 9.95. The van der Waals surface area contributed by atoms with Crippen LogP contribution in [-0.2, 0) is 26.3 Å². The van der Waals surface area contributed by atoms with E-state index in [1.165, 1.54) is 4.68 Å². The third kappa shape index (κ3) is 4.06. The van der Waals surface area contributed by atoms with E-state index in [0.717, 1.165) is 18.4 Å². The number of nitrogens with zero attached hydrogens (tertiary/aromatic N) is 2. The molecule has 1 heterocycles. The number of aromatic nitrogens is 2. The minimum Gasteiger partial charge on any atom is -0.383 e. The highest BCUT2D eigenvalue weighted by atomic mass is 16.5. The summed E-state index contributed by atoms with van der Waals surface area (Å²) in [6, 6.07) is 9.81. The Morgan fingerprint density at radius 2 is 2.04 bits per heavy atom. The number of hydrogen-bond acceptors (Lipinski definition) is 4. The molecule has 1 aromatic carbocycles. The lowest BCUT2D eigenvalue weighted by Gasteiger charge is -2.14. The normalized spacial score (nSPS) is 14.8. The van der Waals surface area contributed by atoms with Gasteiger partial charge in [-0.25, -0.2) is 0 Å². The van der Waals surface area contributed by atoms with Crippen molar-refractivity contribution in [3.8, 4) is 0 Å². The van der Waals surface area contributed by atoms with Crippen molar-refractivity contribution in [2.75, 3.05) is 25.6 Å². The molecule has 0 spiro atoms. The van der Waals surface area contributed by atoms with Gasteiger partial charge in [0.2, 0.25) is 11.8 Å². The van der Waals surface area contributed by atoms with E-state index in [2.05, 4.69) is 15.7 Å². The number of benzene rings is 1. The van der Waals surface area contributed by atoms with Gasteiger partial charge in [-0.05, 0) is 18.4 Å². The fourth-order valence-electron chi connectivity index (χ4n) is 2.79. The molecule has 7 nitrogen and oxygen atoms in total. The van der Waals surface area contributed by atoms with Crippen molar-refractivity contribution in [1.82, 2.24) is 15.1 Å². The number of nitrogens with one attached hydrogen (secondary N) is 2. The van der Waals surface area contributed by atoms with Crippen molar-refractivity contribution >= 4 is 17.5 Å². The number of anilines is 1. The van der Waals surface area contributed by atoms with Gasteiger partial charge in [0.05, 0.1) is 23.9 Å². The molecular formula is C18H22N4O3. The highest BCUT2D eigenvalue weighted by Gasteiger charge is 2.51. The van der Waals surface area contributed by atoms with Gasteiger partial charge in [-0.2, -0.15) is 5.10 Å². The van der Waals surface area contributed by atoms with E-state index in [1.807, 2.05) is 30.3 Å². The van der Waals surface area contributed by atoms with E-state index >= 15 is 0 Å². The van der Waals surface area contributed by atoms with Crippen LogP contribution in [0.2, 0.25) is 0 Å². The van der Waals surface area contributed by atoms with E-state index in [9.17, 15) is 9.59 Å². The summed E-state index contributed by atoms with van der Waals surface area (Å²) < 4.78 is 6.38. The molecule has 0 radical (unpaired) electrons. The van der Waals surface area contributed by atoms with Crippen LogP contribution < -0.4 is 10.6 Å². The molecule has 1 aromatic heterocycles. The zero-order valence-corrected chi connectivity index (χ0v) is 14.2. The fraction of sp³-hybridized carbons (Fsp3) is 0.389. The van der Waals surface area contributed by atoms with Crippen molar-refractivity contribution in [2.24, 2.45) is 0 Å². The standard InChI is InChI=1S/C18H22N4O3/c1-25-10-9-19-16(23)13-22-12-15(11-20-22)21-17(24)18(7-8-18)14-5-3-2-4-6-14/h2-6,11-12H,7-10,13H2,1H3,(H,19,23)(H,21,24).